The van der Waals surface area contributed by atoms with Gasteiger partial charge in [0.1, 0.15) is 12.4 Å². The number of aliphatic hydroxyl groups excluding tert-OH is 1. The summed E-state index contributed by atoms with van der Waals surface area (Å²) in [6, 6.07) is 0. The molecule has 0 unspecified atom stereocenters. The zero-order valence-electron chi connectivity index (χ0n) is 10.4. The fraction of sp³-hybridized carbons (Fsp3) is 0.636. The average Bonchev–Trinajstić information content (AvgIpc) is 2.29. The molecule has 1 aliphatic rings. The molecule has 1 N–H and O–H groups in total. The Labute approximate surface area is 104 Å². The Bertz CT molecular complexity index is 349. The average molecular weight is 260 g/mol. The molecule has 7 heteroatoms. The molecule has 0 aromatic rings. The standard InChI is InChI=1S/C11H16O7/c1-6(13)16-9-4-8(5-12)18-11(15-3)10(9)17-7(2)14/h4,9-12H,5H2,1-3H3/t9-,10+,11-/m0/s1. The summed E-state index contributed by atoms with van der Waals surface area (Å²) in [5.74, 6) is -0.900. The van der Waals surface area contributed by atoms with Crippen LogP contribution in [-0.4, -0.2) is 49.3 Å². The van der Waals surface area contributed by atoms with E-state index in [0.717, 1.165) is 0 Å². The van der Waals surface area contributed by atoms with Crippen LogP contribution in [0, 0.1) is 0 Å². The van der Waals surface area contributed by atoms with Crippen LogP contribution in [0.1, 0.15) is 13.8 Å². The lowest BCUT2D eigenvalue weighted by molar-refractivity contribution is -0.217. The van der Waals surface area contributed by atoms with Crippen LogP contribution in [-0.2, 0) is 28.5 Å². The van der Waals surface area contributed by atoms with Crippen molar-refractivity contribution in [2.24, 2.45) is 0 Å². The van der Waals surface area contributed by atoms with Gasteiger partial charge in [0.05, 0.1) is 0 Å². The van der Waals surface area contributed by atoms with E-state index in [1.165, 1.54) is 27.0 Å². The lowest BCUT2D eigenvalue weighted by atomic mass is 10.1. The SMILES string of the molecule is CO[C@H]1OC(CO)=C[C@H](OC(C)=O)[C@H]1OC(C)=O. The van der Waals surface area contributed by atoms with Crippen LogP contribution in [0.3, 0.4) is 0 Å². The number of ether oxygens (including phenoxy) is 4. The van der Waals surface area contributed by atoms with Crippen LogP contribution in [0.25, 0.3) is 0 Å². The Morgan fingerprint density at radius 3 is 2.39 bits per heavy atom. The first-order chi connectivity index (χ1) is 8.47. The molecule has 7 nitrogen and oxygen atoms in total. The Morgan fingerprint density at radius 1 is 1.33 bits per heavy atom. The van der Waals surface area contributed by atoms with Crippen LogP contribution >= 0.6 is 0 Å². The summed E-state index contributed by atoms with van der Waals surface area (Å²) >= 11 is 0. The quantitative estimate of drug-likeness (QED) is 0.695. The van der Waals surface area contributed by atoms with Crippen molar-refractivity contribution in [1.29, 1.82) is 0 Å². The second kappa shape index (κ2) is 6.36. The lowest BCUT2D eigenvalue weighted by Crippen LogP contribution is -2.47. The second-order valence-electron chi connectivity index (χ2n) is 3.66. The van der Waals surface area contributed by atoms with E-state index in [4.69, 9.17) is 24.1 Å². The van der Waals surface area contributed by atoms with Crippen LogP contribution in [0.2, 0.25) is 0 Å². The highest BCUT2D eigenvalue weighted by Gasteiger charge is 2.39. The molecule has 0 fully saturated rings. The zero-order chi connectivity index (χ0) is 13.7. The van der Waals surface area contributed by atoms with E-state index in [1.807, 2.05) is 0 Å². The van der Waals surface area contributed by atoms with E-state index in [1.54, 1.807) is 0 Å². The molecule has 0 radical (unpaired) electrons. The predicted octanol–water partition coefficient (Wildman–Crippen LogP) is -0.271. The fourth-order valence-electron chi connectivity index (χ4n) is 1.57. The molecule has 0 aromatic carbocycles. The van der Waals surface area contributed by atoms with Crippen LogP contribution < -0.4 is 0 Å². The first-order valence-electron chi connectivity index (χ1n) is 5.33. The molecule has 1 rings (SSSR count). The van der Waals surface area contributed by atoms with E-state index < -0.39 is 30.4 Å². The molecule has 0 saturated heterocycles. The van der Waals surface area contributed by atoms with Crippen LogP contribution in [0.5, 0.6) is 0 Å². The third-order valence-corrected chi connectivity index (χ3v) is 2.20. The highest BCUT2D eigenvalue weighted by atomic mass is 16.7. The molecule has 18 heavy (non-hydrogen) atoms. The summed E-state index contributed by atoms with van der Waals surface area (Å²) in [4.78, 5) is 22.0. The van der Waals surface area contributed by atoms with Crippen molar-refractivity contribution >= 4 is 11.9 Å². The number of hydrogen-bond acceptors (Lipinski definition) is 7. The monoisotopic (exact) mass is 260 g/mol. The van der Waals surface area contributed by atoms with Gasteiger partial charge in [0, 0.05) is 27.0 Å². The number of carbonyl (C=O) groups is 2. The van der Waals surface area contributed by atoms with Gasteiger partial charge in [-0.05, 0) is 0 Å². The minimum Gasteiger partial charge on any atom is -0.463 e. The van der Waals surface area contributed by atoms with Gasteiger partial charge in [-0.15, -0.1) is 0 Å². The van der Waals surface area contributed by atoms with Crippen molar-refractivity contribution in [2.75, 3.05) is 13.7 Å². The van der Waals surface area contributed by atoms with Gasteiger partial charge in [-0.2, -0.15) is 0 Å². The molecule has 0 bridgehead atoms. The summed E-state index contributed by atoms with van der Waals surface area (Å²) in [7, 11) is 1.35. The molecule has 1 heterocycles. The minimum atomic E-state index is -0.939. The van der Waals surface area contributed by atoms with Gasteiger partial charge in [0.25, 0.3) is 0 Å². The number of rotatable bonds is 4. The maximum atomic E-state index is 11.0. The van der Waals surface area contributed by atoms with E-state index in [-0.39, 0.29) is 12.4 Å². The van der Waals surface area contributed by atoms with Crippen molar-refractivity contribution in [3.05, 3.63) is 11.8 Å². The van der Waals surface area contributed by atoms with Crippen molar-refractivity contribution in [2.45, 2.75) is 32.3 Å². The predicted molar refractivity (Wildman–Crippen MR) is 58.2 cm³/mol. The van der Waals surface area contributed by atoms with E-state index in [2.05, 4.69) is 0 Å². The van der Waals surface area contributed by atoms with Gasteiger partial charge in [0.15, 0.2) is 6.10 Å². The normalized spacial score (nSPS) is 26.9. The molecule has 3 atom stereocenters. The van der Waals surface area contributed by atoms with Gasteiger partial charge in [-0.1, -0.05) is 0 Å². The Hall–Kier alpha value is -1.60. The van der Waals surface area contributed by atoms with E-state index in [9.17, 15) is 9.59 Å². The number of esters is 2. The molecule has 0 spiro atoms. The number of methoxy groups -OCH3 is 1. The van der Waals surface area contributed by atoms with Crippen molar-refractivity contribution in [3.63, 3.8) is 0 Å². The van der Waals surface area contributed by atoms with Crippen molar-refractivity contribution < 1.29 is 33.6 Å². The third kappa shape index (κ3) is 3.71. The molecule has 0 amide bonds. The molecule has 0 saturated carbocycles. The highest BCUT2D eigenvalue weighted by molar-refractivity contribution is 5.67. The summed E-state index contributed by atoms with van der Waals surface area (Å²) in [5.41, 5.74) is 0. The largest absolute Gasteiger partial charge is 0.463 e. The number of aliphatic hydroxyl groups is 1. The summed E-state index contributed by atoms with van der Waals surface area (Å²) in [6.07, 6.45) is -1.32. The first kappa shape index (κ1) is 14.5. The first-order valence-corrected chi connectivity index (χ1v) is 5.33. The highest BCUT2D eigenvalue weighted by Crippen LogP contribution is 2.23. The molecule has 0 aliphatic carbocycles. The maximum absolute atomic E-state index is 11.0. The third-order valence-electron chi connectivity index (χ3n) is 2.20. The molecule has 102 valence electrons. The number of hydrogen-bond donors (Lipinski definition) is 1. The maximum Gasteiger partial charge on any atom is 0.303 e. The molecule has 1 aliphatic heterocycles. The zero-order valence-corrected chi connectivity index (χ0v) is 10.4. The van der Waals surface area contributed by atoms with Gasteiger partial charge < -0.3 is 24.1 Å². The topological polar surface area (TPSA) is 91.3 Å². The van der Waals surface area contributed by atoms with Crippen LogP contribution in [0.15, 0.2) is 11.8 Å². The summed E-state index contributed by atoms with van der Waals surface area (Å²) < 4.78 is 20.3. The molecular weight excluding hydrogens is 244 g/mol. The van der Waals surface area contributed by atoms with Crippen LogP contribution in [0.4, 0.5) is 0 Å². The Kier molecular flexibility index (Phi) is 5.11. The molecule has 0 aromatic heterocycles. The number of carbonyl (C=O) groups excluding carboxylic acids is 2. The second-order valence-corrected chi connectivity index (χ2v) is 3.66. The van der Waals surface area contributed by atoms with Gasteiger partial charge in [-0.3, -0.25) is 9.59 Å². The van der Waals surface area contributed by atoms with E-state index in [0.29, 0.717) is 0 Å². The minimum absolute atomic E-state index is 0.191. The van der Waals surface area contributed by atoms with Crippen molar-refractivity contribution in [1.82, 2.24) is 0 Å². The van der Waals surface area contributed by atoms with Gasteiger partial charge >= 0.3 is 11.9 Å². The van der Waals surface area contributed by atoms with Crippen molar-refractivity contribution in [3.8, 4) is 0 Å². The summed E-state index contributed by atoms with van der Waals surface area (Å²) in [6.45, 7) is 2.09. The Balaban J connectivity index is 2.94. The van der Waals surface area contributed by atoms with Gasteiger partial charge in [0.2, 0.25) is 12.4 Å². The summed E-state index contributed by atoms with van der Waals surface area (Å²) in [5, 5.41) is 9.03. The van der Waals surface area contributed by atoms with Gasteiger partial charge in [-0.25, -0.2) is 0 Å². The fourth-order valence-corrected chi connectivity index (χ4v) is 1.57. The van der Waals surface area contributed by atoms with E-state index >= 15 is 0 Å². The smallest absolute Gasteiger partial charge is 0.303 e. The Morgan fingerprint density at radius 2 is 1.94 bits per heavy atom. The lowest BCUT2D eigenvalue weighted by Gasteiger charge is -2.34. The molecular formula is C11H16O7.